The zero-order valence-corrected chi connectivity index (χ0v) is 20.0. The van der Waals surface area contributed by atoms with Crippen molar-refractivity contribution in [2.24, 2.45) is 4.99 Å². The van der Waals surface area contributed by atoms with Crippen molar-refractivity contribution in [3.63, 3.8) is 0 Å². The number of aliphatic imine (C=N–C) groups is 1. The van der Waals surface area contributed by atoms with Crippen LogP contribution in [0.3, 0.4) is 0 Å². The fourth-order valence-electron chi connectivity index (χ4n) is 2.41. The Morgan fingerprint density at radius 1 is 1.25 bits per heavy atom. The van der Waals surface area contributed by atoms with Gasteiger partial charge in [0.15, 0.2) is 5.96 Å². The van der Waals surface area contributed by atoms with Gasteiger partial charge in [0.25, 0.3) is 0 Å². The van der Waals surface area contributed by atoms with Gasteiger partial charge in [0.05, 0.1) is 12.7 Å². The Labute approximate surface area is 185 Å². The Morgan fingerprint density at radius 3 is 2.57 bits per heavy atom. The molecule has 1 heterocycles. The third-order valence-corrected chi connectivity index (χ3v) is 3.99. The fraction of sp³-hybridized carbons (Fsp3) is 0.524. The molecule has 2 N–H and O–H groups in total. The van der Waals surface area contributed by atoms with Gasteiger partial charge in [-0.1, -0.05) is 39.0 Å². The predicted molar refractivity (Wildman–Crippen MR) is 125 cm³/mol. The van der Waals surface area contributed by atoms with E-state index in [4.69, 9.17) is 9.15 Å². The summed E-state index contributed by atoms with van der Waals surface area (Å²) < 4.78 is 11.8. The van der Waals surface area contributed by atoms with Gasteiger partial charge in [0, 0.05) is 12.0 Å². The number of hydrogen-bond donors (Lipinski definition) is 2. The Balaban J connectivity index is 0.00000392. The lowest BCUT2D eigenvalue weighted by Crippen LogP contribution is -2.41. The first-order valence-electron chi connectivity index (χ1n) is 9.49. The van der Waals surface area contributed by atoms with E-state index < -0.39 is 0 Å². The lowest BCUT2D eigenvalue weighted by atomic mass is 9.94. The van der Waals surface area contributed by atoms with Crippen LogP contribution in [0.5, 0.6) is 5.75 Å². The molecule has 0 amide bonds. The summed E-state index contributed by atoms with van der Waals surface area (Å²) in [7, 11) is 0. The van der Waals surface area contributed by atoms with Crippen molar-refractivity contribution in [2.75, 3.05) is 13.1 Å². The normalized spacial score (nSPS) is 12.9. The van der Waals surface area contributed by atoms with E-state index in [1.54, 1.807) is 6.20 Å². The van der Waals surface area contributed by atoms with Crippen molar-refractivity contribution in [2.45, 2.75) is 59.6 Å². The summed E-state index contributed by atoms with van der Waals surface area (Å²) >= 11 is 0. The Kier molecular flexibility index (Phi) is 9.78. The molecule has 0 saturated heterocycles. The summed E-state index contributed by atoms with van der Waals surface area (Å²) in [5, 5.41) is 6.55. The third-order valence-electron chi connectivity index (χ3n) is 3.99. The van der Waals surface area contributed by atoms with Gasteiger partial charge in [-0.3, -0.25) is 0 Å². The van der Waals surface area contributed by atoms with Gasteiger partial charge in [-0.25, -0.2) is 9.98 Å². The average Bonchev–Trinajstić information content (AvgIpc) is 3.09. The minimum absolute atomic E-state index is 0. The Bertz CT molecular complexity index is 753. The lowest BCUT2D eigenvalue weighted by Gasteiger charge is -2.18. The van der Waals surface area contributed by atoms with Crippen LogP contribution < -0.4 is 15.4 Å². The number of benzene rings is 1. The second kappa shape index (κ2) is 11.3. The first-order chi connectivity index (χ1) is 12.8. The lowest BCUT2D eigenvalue weighted by molar-refractivity contribution is 0.222. The molecule has 156 valence electrons. The zero-order valence-electron chi connectivity index (χ0n) is 17.7. The van der Waals surface area contributed by atoms with Gasteiger partial charge < -0.3 is 19.8 Å². The number of nitrogens with one attached hydrogen (secondary N) is 2. The summed E-state index contributed by atoms with van der Waals surface area (Å²) in [5.74, 6) is 3.10. The van der Waals surface area contributed by atoms with Crippen LogP contribution in [0, 0.1) is 6.92 Å². The van der Waals surface area contributed by atoms with Crippen molar-refractivity contribution >= 4 is 29.9 Å². The van der Waals surface area contributed by atoms with Gasteiger partial charge in [-0.05, 0) is 32.4 Å². The largest absolute Gasteiger partial charge is 0.489 e. The summed E-state index contributed by atoms with van der Waals surface area (Å²) in [4.78, 5) is 8.88. The second-order valence-corrected chi connectivity index (χ2v) is 7.64. The van der Waals surface area contributed by atoms with Crippen LogP contribution in [0.4, 0.5) is 0 Å². The molecule has 0 aliphatic heterocycles. The first kappa shape index (κ1) is 24.3. The molecule has 0 saturated carbocycles. The number of halogens is 1. The van der Waals surface area contributed by atoms with E-state index in [2.05, 4.69) is 41.4 Å². The zero-order chi connectivity index (χ0) is 19.9. The Hall–Kier alpha value is -1.77. The molecule has 0 aliphatic rings. The molecule has 0 bridgehead atoms. The summed E-state index contributed by atoms with van der Waals surface area (Å²) in [6.45, 7) is 14.2. The van der Waals surface area contributed by atoms with Crippen molar-refractivity contribution in [1.82, 2.24) is 15.6 Å². The van der Waals surface area contributed by atoms with E-state index in [9.17, 15) is 0 Å². The number of oxazole rings is 1. The van der Waals surface area contributed by atoms with Crippen molar-refractivity contribution in [3.05, 3.63) is 47.7 Å². The number of rotatable bonds is 7. The first-order valence-corrected chi connectivity index (χ1v) is 9.49. The number of para-hydroxylation sites is 1. The Morgan fingerprint density at radius 2 is 1.96 bits per heavy atom. The van der Waals surface area contributed by atoms with E-state index >= 15 is 0 Å². The van der Waals surface area contributed by atoms with Gasteiger partial charge in [-0.2, -0.15) is 0 Å². The summed E-state index contributed by atoms with van der Waals surface area (Å²) in [6.07, 6.45) is 1.78. The molecule has 6 nitrogen and oxygen atoms in total. The second-order valence-electron chi connectivity index (χ2n) is 7.64. The quantitative estimate of drug-likeness (QED) is 0.335. The summed E-state index contributed by atoms with van der Waals surface area (Å²) in [5.41, 5.74) is 1.07. The van der Waals surface area contributed by atoms with Crippen molar-refractivity contribution < 1.29 is 9.15 Å². The molecule has 2 rings (SSSR count). The van der Waals surface area contributed by atoms with Crippen molar-refractivity contribution in [3.8, 4) is 5.75 Å². The third kappa shape index (κ3) is 7.69. The number of guanidine groups is 1. The fourth-order valence-corrected chi connectivity index (χ4v) is 2.41. The summed E-state index contributed by atoms with van der Waals surface area (Å²) in [6, 6.07) is 8.02. The van der Waals surface area contributed by atoms with Crippen LogP contribution in [0.25, 0.3) is 0 Å². The maximum atomic E-state index is 6.00. The number of nitrogens with zero attached hydrogens (tertiary/aromatic N) is 2. The number of hydrogen-bond acceptors (Lipinski definition) is 4. The van der Waals surface area contributed by atoms with E-state index in [1.807, 2.05) is 45.0 Å². The average molecular weight is 500 g/mol. The minimum Gasteiger partial charge on any atom is -0.489 e. The van der Waals surface area contributed by atoms with E-state index in [0.717, 1.165) is 23.6 Å². The van der Waals surface area contributed by atoms with Gasteiger partial charge in [0.1, 0.15) is 24.2 Å². The maximum absolute atomic E-state index is 6.00. The van der Waals surface area contributed by atoms with Gasteiger partial charge in [0.2, 0.25) is 5.89 Å². The van der Waals surface area contributed by atoms with Crippen LogP contribution >= 0.6 is 24.0 Å². The predicted octanol–water partition coefficient (Wildman–Crippen LogP) is 4.42. The molecule has 28 heavy (non-hydrogen) atoms. The number of aromatic nitrogens is 1. The van der Waals surface area contributed by atoms with Gasteiger partial charge in [-0.15, -0.1) is 24.0 Å². The van der Waals surface area contributed by atoms with E-state index in [1.165, 1.54) is 0 Å². The van der Waals surface area contributed by atoms with Crippen LogP contribution in [-0.4, -0.2) is 30.1 Å². The highest BCUT2D eigenvalue weighted by atomic mass is 127. The highest BCUT2D eigenvalue weighted by molar-refractivity contribution is 14.0. The SMILES string of the molecule is CCNC(=NCc1ncc(C(C)(C)C)o1)NCC(C)Oc1ccccc1C.I. The maximum Gasteiger partial charge on any atom is 0.216 e. The molecule has 2 aromatic rings. The van der Waals surface area contributed by atoms with Crippen LogP contribution in [0.1, 0.15) is 51.8 Å². The molecule has 1 atom stereocenters. The minimum atomic E-state index is -0.0555. The standard InChI is InChI=1S/C21H32N4O2.HI/c1-7-22-20(25-14-19-23-13-18(27-19)21(4,5)6)24-12-16(3)26-17-11-9-8-10-15(17)2;/h8-11,13,16H,7,12,14H2,1-6H3,(H2,22,24,25);1H. The van der Waals surface area contributed by atoms with Gasteiger partial charge >= 0.3 is 0 Å². The smallest absolute Gasteiger partial charge is 0.216 e. The molecule has 0 aliphatic carbocycles. The van der Waals surface area contributed by atoms with Crippen LogP contribution in [-0.2, 0) is 12.0 Å². The molecule has 7 heteroatoms. The molecule has 0 fully saturated rings. The molecule has 1 unspecified atom stereocenters. The molecule has 1 aromatic carbocycles. The molecule has 0 radical (unpaired) electrons. The van der Waals surface area contributed by atoms with Crippen molar-refractivity contribution in [1.29, 1.82) is 0 Å². The van der Waals surface area contributed by atoms with E-state index in [0.29, 0.717) is 24.9 Å². The number of ether oxygens (including phenoxy) is 1. The van der Waals surface area contributed by atoms with Crippen LogP contribution in [0.15, 0.2) is 39.9 Å². The molecule has 0 spiro atoms. The van der Waals surface area contributed by atoms with E-state index in [-0.39, 0.29) is 35.5 Å². The monoisotopic (exact) mass is 500 g/mol. The molecular weight excluding hydrogens is 467 g/mol. The highest BCUT2D eigenvalue weighted by Crippen LogP contribution is 2.22. The highest BCUT2D eigenvalue weighted by Gasteiger charge is 2.19. The topological polar surface area (TPSA) is 71.7 Å². The molecular formula is C21H33IN4O2. The number of aryl methyl sites for hydroxylation is 1. The molecule has 1 aromatic heterocycles. The van der Waals surface area contributed by atoms with Crippen LogP contribution in [0.2, 0.25) is 0 Å².